The van der Waals surface area contributed by atoms with E-state index in [1.807, 2.05) is 59.7 Å². The summed E-state index contributed by atoms with van der Waals surface area (Å²) in [6.07, 6.45) is 0.835. The third kappa shape index (κ3) is 6.39. The number of benzene rings is 3. The van der Waals surface area contributed by atoms with Gasteiger partial charge in [0.05, 0.1) is 36.1 Å². The molecule has 6 rings (SSSR count). The number of nitrogens with zero attached hydrogens (tertiary/aromatic N) is 5. The van der Waals surface area contributed by atoms with Gasteiger partial charge in [0.15, 0.2) is 11.0 Å². The van der Waals surface area contributed by atoms with Crippen LogP contribution in [0.15, 0.2) is 76.8 Å². The molecule has 234 valence electrons. The van der Waals surface area contributed by atoms with Gasteiger partial charge in [-0.25, -0.2) is 8.42 Å². The normalized spacial score (nSPS) is 15.2. The summed E-state index contributed by atoms with van der Waals surface area (Å²) in [5.74, 6) is 0.306. The van der Waals surface area contributed by atoms with E-state index in [0.717, 1.165) is 28.9 Å². The highest BCUT2D eigenvalue weighted by Crippen LogP contribution is 2.30. The summed E-state index contributed by atoms with van der Waals surface area (Å²) in [5, 5.41) is 12.2. The van der Waals surface area contributed by atoms with Crippen LogP contribution in [0.1, 0.15) is 32.9 Å². The number of hydrogen-bond acceptors (Lipinski definition) is 8. The zero-order chi connectivity index (χ0) is 31.6. The molecular formula is C32H34N6O5S2. The first-order valence-electron chi connectivity index (χ1n) is 14.7. The minimum absolute atomic E-state index is 0.00519. The number of aryl methyl sites for hydroxylation is 1. The lowest BCUT2D eigenvalue weighted by molar-refractivity contribution is -0.116. The van der Waals surface area contributed by atoms with Gasteiger partial charge in [0.25, 0.3) is 5.91 Å². The first-order chi connectivity index (χ1) is 21.7. The topological polar surface area (TPSA) is 127 Å². The monoisotopic (exact) mass is 646 g/mol. The van der Waals surface area contributed by atoms with Gasteiger partial charge >= 0.3 is 0 Å². The molecule has 2 amide bonds. The summed E-state index contributed by atoms with van der Waals surface area (Å²) in [4.78, 5) is 28.3. The number of nitrogens with one attached hydrogen (secondary N) is 1. The van der Waals surface area contributed by atoms with E-state index in [1.54, 1.807) is 0 Å². The second kappa shape index (κ2) is 13.1. The zero-order valence-electron chi connectivity index (χ0n) is 25.1. The van der Waals surface area contributed by atoms with Crippen molar-refractivity contribution in [3.8, 4) is 5.69 Å². The number of sulfonamides is 1. The molecule has 0 bridgehead atoms. The van der Waals surface area contributed by atoms with Crippen LogP contribution in [0.5, 0.6) is 0 Å². The molecule has 3 aromatic carbocycles. The molecule has 1 N–H and O–H groups in total. The van der Waals surface area contributed by atoms with Crippen molar-refractivity contribution in [3.05, 3.63) is 94.8 Å². The van der Waals surface area contributed by atoms with Crippen LogP contribution in [-0.2, 0) is 32.5 Å². The molecule has 2 aliphatic heterocycles. The Bertz CT molecular complexity index is 1830. The summed E-state index contributed by atoms with van der Waals surface area (Å²) in [7, 11) is -3.66. The van der Waals surface area contributed by atoms with E-state index in [1.165, 1.54) is 45.9 Å². The number of carbonyl (C=O) groups is 2. The van der Waals surface area contributed by atoms with Gasteiger partial charge in [-0.1, -0.05) is 42.1 Å². The maximum Gasteiger partial charge on any atom is 0.251 e. The Morgan fingerprint density at radius 3 is 2.42 bits per heavy atom. The maximum absolute atomic E-state index is 13.2. The van der Waals surface area contributed by atoms with Crippen LogP contribution >= 0.6 is 11.8 Å². The van der Waals surface area contributed by atoms with Crippen LogP contribution in [0.25, 0.3) is 5.69 Å². The SMILES string of the molecule is Cc1cccc(-n2c(CNC(=O)c3ccc(S(=O)(=O)N4CCOCC4)cc3)nnc2SCC(=O)N2CCc3ccccc32)c1C. The number of thioether (sulfide) groups is 1. The molecule has 0 unspecified atom stereocenters. The van der Waals surface area contributed by atoms with E-state index in [9.17, 15) is 18.0 Å². The minimum Gasteiger partial charge on any atom is -0.379 e. The van der Waals surface area contributed by atoms with Crippen LogP contribution in [-0.4, -0.2) is 77.9 Å². The Hall–Kier alpha value is -4.04. The Kier molecular flexibility index (Phi) is 9.04. The van der Waals surface area contributed by atoms with Gasteiger partial charge in [0.2, 0.25) is 15.9 Å². The smallest absolute Gasteiger partial charge is 0.251 e. The summed E-state index contributed by atoms with van der Waals surface area (Å²) in [6, 6.07) is 19.8. The molecule has 0 spiro atoms. The number of morpholine rings is 1. The predicted octanol–water partition coefficient (Wildman–Crippen LogP) is 3.52. The van der Waals surface area contributed by atoms with Crippen molar-refractivity contribution in [2.75, 3.05) is 43.5 Å². The fraction of sp³-hybridized carbons (Fsp3) is 0.312. The Balaban J connectivity index is 1.18. The predicted molar refractivity (Wildman–Crippen MR) is 171 cm³/mol. The lowest BCUT2D eigenvalue weighted by Crippen LogP contribution is -2.40. The number of rotatable bonds is 9. The van der Waals surface area contributed by atoms with Crippen LogP contribution in [0, 0.1) is 13.8 Å². The van der Waals surface area contributed by atoms with E-state index < -0.39 is 10.0 Å². The number of amides is 2. The first-order valence-corrected chi connectivity index (χ1v) is 17.1. The molecule has 13 heteroatoms. The minimum atomic E-state index is -3.66. The van der Waals surface area contributed by atoms with Crippen molar-refractivity contribution >= 4 is 39.3 Å². The van der Waals surface area contributed by atoms with Gasteiger partial charge in [0, 0.05) is 30.9 Å². The molecule has 0 saturated carbocycles. The third-order valence-corrected chi connectivity index (χ3v) is 11.0. The molecule has 2 aliphatic rings. The number of fused-ring (bicyclic) bond motifs is 1. The van der Waals surface area contributed by atoms with E-state index in [0.29, 0.717) is 49.4 Å². The molecule has 11 nitrogen and oxygen atoms in total. The standard InChI is InChI=1S/C32H34N6O5S2/c1-22-6-5-9-27(23(22)2)38-29(34-35-32(38)44-21-30(39)37-15-14-24-7-3-4-8-28(24)37)20-33-31(40)25-10-12-26(13-11-25)45(41,42)36-16-18-43-19-17-36/h3-13H,14-21H2,1-2H3,(H,33,40). The number of ether oxygens (including phenoxy) is 1. The Morgan fingerprint density at radius 1 is 0.911 bits per heavy atom. The van der Waals surface area contributed by atoms with Crippen molar-refractivity contribution < 1.29 is 22.7 Å². The molecule has 4 aromatic rings. The van der Waals surface area contributed by atoms with Crippen LogP contribution in [0.3, 0.4) is 0 Å². The zero-order valence-corrected chi connectivity index (χ0v) is 26.7. The van der Waals surface area contributed by atoms with Gasteiger partial charge < -0.3 is 15.0 Å². The van der Waals surface area contributed by atoms with Crippen LogP contribution in [0.2, 0.25) is 0 Å². The van der Waals surface area contributed by atoms with Crippen molar-refractivity contribution in [2.24, 2.45) is 0 Å². The van der Waals surface area contributed by atoms with Crippen LogP contribution in [0.4, 0.5) is 5.69 Å². The molecule has 3 heterocycles. The summed E-state index contributed by atoms with van der Waals surface area (Å²) in [6.45, 7) is 6.07. The largest absolute Gasteiger partial charge is 0.379 e. The molecule has 1 fully saturated rings. The molecule has 1 aromatic heterocycles. The summed E-state index contributed by atoms with van der Waals surface area (Å²) < 4.78 is 34.4. The number of hydrogen-bond donors (Lipinski definition) is 1. The summed E-state index contributed by atoms with van der Waals surface area (Å²) >= 11 is 1.31. The molecule has 0 radical (unpaired) electrons. The van der Waals surface area contributed by atoms with Crippen molar-refractivity contribution in [3.63, 3.8) is 0 Å². The molecule has 0 atom stereocenters. The second-order valence-electron chi connectivity index (χ2n) is 10.9. The fourth-order valence-electron chi connectivity index (χ4n) is 5.51. The van der Waals surface area contributed by atoms with Crippen LogP contribution < -0.4 is 10.2 Å². The third-order valence-electron chi connectivity index (χ3n) is 8.16. The lowest BCUT2D eigenvalue weighted by Gasteiger charge is -2.26. The van der Waals surface area contributed by atoms with Crippen molar-refractivity contribution in [2.45, 2.75) is 36.9 Å². The molecule has 45 heavy (non-hydrogen) atoms. The molecule has 1 saturated heterocycles. The van der Waals surface area contributed by atoms with E-state index in [-0.39, 0.29) is 29.0 Å². The maximum atomic E-state index is 13.2. The summed E-state index contributed by atoms with van der Waals surface area (Å²) in [5.41, 5.74) is 5.42. The van der Waals surface area contributed by atoms with Gasteiger partial charge in [-0.05, 0) is 73.4 Å². The average Bonchev–Trinajstić information content (AvgIpc) is 3.68. The lowest BCUT2D eigenvalue weighted by atomic mass is 10.1. The highest BCUT2D eigenvalue weighted by atomic mass is 32.2. The average molecular weight is 647 g/mol. The van der Waals surface area contributed by atoms with Gasteiger partial charge in [-0.3, -0.25) is 14.2 Å². The number of para-hydroxylation sites is 1. The van der Waals surface area contributed by atoms with Gasteiger partial charge in [-0.2, -0.15) is 4.31 Å². The van der Waals surface area contributed by atoms with E-state index in [4.69, 9.17) is 4.74 Å². The highest BCUT2D eigenvalue weighted by Gasteiger charge is 2.27. The Morgan fingerprint density at radius 2 is 1.64 bits per heavy atom. The quantitative estimate of drug-likeness (QED) is 0.274. The van der Waals surface area contributed by atoms with Crippen molar-refractivity contribution in [1.29, 1.82) is 0 Å². The number of aromatic nitrogens is 3. The second-order valence-corrected chi connectivity index (χ2v) is 13.8. The number of carbonyl (C=O) groups excluding carboxylic acids is 2. The van der Waals surface area contributed by atoms with E-state index in [2.05, 4.69) is 21.6 Å². The highest BCUT2D eigenvalue weighted by molar-refractivity contribution is 7.99. The van der Waals surface area contributed by atoms with Gasteiger partial charge in [-0.15, -0.1) is 10.2 Å². The van der Waals surface area contributed by atoms with Crippen molar-refractivity contribution in [1.82, 2.24) is 24.4 Å². The Labute approximate surface area is 266 Å². The molecular weight excluding hydrogens is 613 g/mol. The first kappa shape index (κ1) is 31.0. The van der Waals surface area contributed by atoms with E-state index >= 15 is 0 Å². The fourth-order valence-corrected chi connectivity index (χ4v) is 7.75. The van der Waals surface area contributed by atoms with Gasteiger partial charge in [0.1, 0.15) is 0 Å². The number of anilines is 1. The molecule has 0 aliphatic carbocycles.